The number of methoxy groups -OCH3 is 1. The highest BCUT2D eigenvalue weighted by Crippen LogP contribution is 2.20. The fourth-order valence-corrected chi connectivity index (χ4v) is 2.24. The Hall–Kier alpha value is -1.53. The molecule has 0 amide bonds. The lowest BCUT2D eigenvalue weighted by molar-refractivity contribution is 0.102. The molecule has 0 bridgehead atoms. The average molecular weight is 324 g/mol. The van der Waals surface area contributed by atoms with E-state index in [1.807, 2.05) is 6.92 Å². The monoisotopic (exact) mass is 323 g/mol. The van der Waals surface area contributed by atoms with Crippen molar-refractivity contribution in [3.05, 3.63) is 46.0 Å². The Labute approximate surface area is 119 Å². The average Bonchev–Trinajstić information content (AvgIpc) is 2.76. The Morgan fingerprint density at radius 2 is 2.32 bits per heavy atom. The second kappa shape index (κ2) is 6.08. The van der Waals surface area contributed by atoms with Gasteiger partial charge in [-0.25, -0.2) is 0 Å². The highest BCUT2D eigenvalue weighted by Gasteiger charge is 2.18. The van der Waals surface area contributed by atoms with Gasteiger partial charge >= 0.3 is 0 Å². The van der Waals surface area contributed by atoms with Gasteiger partial charge in [-0.3, -0.25) is 14.5 Å². The van der Waals surface area contributed by atoms with E-state index in [-0.39, 0.29) is 5.78 Å². The second-order valence-electron chi connectivity index (χ2n) is 4.07. The van der Waals surface area contributed by atoms with Crippen molar-refractivity contribution >= 4 is 21.7 Å². The Balaban J connectivity index is 2.35. The molecule has 0 fully saturated rings. The zero-order valence-corrected chi connectivity index (χ0v) is 12.3. The van der Waals surface area contributed by atoms with Gasteiger partial charge in [0.25, 0.3) is 0 Å². The van der Waals surface area contributed by atoms with Crippen LogP contribution in [0.3, 0.4) is 0 Å². The first-order chi connectivity index (χ1) is 9.13. The number of pyridine rings is 1. The maximum Gasteiger partial charge on any atom is 0.212 e. The van der Waals surface area contributed by atoms with Crippen LogP contribution in [0, 0.1) is 6.92 Å². The molecule has 0 atom stereocenters. The molecule has 0 N–H and O–H groups in total. The first kappa shape index (κ1) is 13.9. The molecule has 0 aromatic carbocycles. The maximum atomic E-state index is 12.5. The van der Waals surface area contributed by atoms with Crippen LogP contribution in [-0.2, 0) is 11.3 Å². The van der Waals surface area contributed by atoms with Crippen molar-refractivity contribution in [2.75, 3.05) is 13.7 Å². The third kappa shape index (κ3) is 3.08. The normalized spacial score (nSPS) is 10.7. The van der Waals surface area contributed by atoms with Crippen molar-refractivity contribution in [3.8, 4) is 0 Å². The molecular formula is C13H14BrN3O2. The van der Waals surface area contributed by atoms with E-state index in [2.05, 4.69) is 26.0 Å². The summed E-state index contributed by atoms with van der Waals surface area (Å²) in [6.45, 7) is 2.89. The van der Waals surface area contributed by atoms with E-state index in [1.165, 1.54) is 0 Å². The fourth-order valence-electron chi connectivity index (χ4n) is 1.76. The van der Waals surface area contributed by atoms with Gasteiger partial charge in [-0.1, -0.05) is 0 Å². The molecule has 0 saturated heterocycles. The molecule has 0 aliphatic rings. The van der Waals surface area contributed by atoms with Gasteiger partial charge < -0.3 is 4.74 Å². The van der Waals surface area contributed by atoms with Crippen molar-refractivity contribution in [1.29, 1.82) is 0 Å². The zero-order valence-electron chi connectivity index (χ0n) is 10.8. The third-order valence-corrected chi connectivity index (χ3v) is 3.26. The van der Waals surface area contributed by atoms with E-state index in [1.54, 1.807) is 36.3 Å². The molecule has 2 aromatic rings. The number of aromatic nitrogens is 3. The number of ketones is 1. The van der Waals surface area contributed by atoms with Crippen LogP contribution in [0.1, 0.15) is 21.7 Å². The van der Waals surface area contributed by atoms with Gasteiger partial charge in [-0.05, 0) is 35.0 Å². The number of rotatable bonds is 5. The Kier molecular flexibility index (Phi) is 4.44. The largest absolute Gasteiger partial charge is 0.383 e. The van der Waals surface area contributed by atoms with Gasteiger partial charge in [0.05, 0.1) is 23.8 Å². The van der Waals surface area contributed by atoms with Crippen molar-refractivity contribution < 1.29 is 9.53 Å². The minimum Gasteiger partial charge on any atom is -0.383 e. The molecule has 0 aliphatic heterocycles. The van der Waals surface area contributed by atoms with Crippen LogP contribution in [0.4, 0.5) is 0 Å². The van der Waals surface area contributed by atoms with Gasteiger partial charge in [0.2, 0.25) is 5.78 Å². The summed E-state index contributed by atoms with van der Waals surface area (Å²) in [5, 5.41) is 4.18. The van der Waals surface area contributed by atoms with Crippen LogP contribution in [0.5, 0.6) is 0 Å². The molecule has 2 aromatic heterocycles. The van der Waals surface area contributed by atoms with E-state index in [4.69, 9.17) is 4.74 Å². The molecule has 2 rings (SSSR count). The molecule has 0 spiro atoms. The maximum absolute atomic E-state index is 12.5. The van der Waals surface area contributed by atoms with Crippen molar-refractivity contribution in [3.63, 3.8) is 0 Å². The highest BCUT2D eigenvalue weighted by molar-refractivity contribution is 9.10. The number of halogens is 1. The summed E-state index contributed by atoms with van der Waals surface area (Å²) in [5.41, 5.74) is 1.94. The molecule has 100 valence electrons. The minimum absolute atomic E-state index is 0.0778. The second-order valence-corrected chi connectivity index (χ2v) is 4.93. The van der Waals surface area contributed by atoms with Crippen LogP contribution in [-0.4, -0.2) is 34.3 Å². The number of carbonyl (C=O) groups is 1. The lowest BCUT2D eigenvalue weighted by Gasteiger charge is -2.07. The molecule has 5 nitrogen and oxygen atoms in total. The topological polar surface area (TPSA) is 57.0 Å². The molecule has 0 aliphatic carbocycles. The first-order valence-electron chi connectivity index (χ1n) is 5.81. The van der Waals surface area contributed by atoms with Crippen LogP contribution >= 0.6 is 15.9 Å². The predicted octanol–water partition coefficient (Wildman–Crippen LogP) is 2.23. The van der Waals surface area contributed by atoms with Crippen molar-refractivity contribution in [1.82, 2.24) is 14.8 Å². The lowest BCUT2D eigenvalue weighted by atomic mass is 10.1. The summed E-state index contributed by atoms with van der Waals surface area (Å²) >= 11 is 3.36. The molecule has 0 unspecified atom stereocenters. The first-order valence-corrected chi connectivity index (χ1v) is 6.60. The van der Waals surface area contributed by atoms with Gasteiger partial charge in [0, 0.05) is 24.6 Å². The summed E-state index contributed by atoms with van der Waals surface area (Å²) < 4.78 is 7.35. The van der Waals surface area contributed by atoms with Crippen LogP contribution in [0.2, 0.25) is 0 Å². The molecule has 0 radical (unpaired) electrons. The third-order valence-electron chi connectivity index (χ3n) is 2.68. The number of hydrogen-bond acceptors (Lipinski definition) is 4. The van der Waals surface area contributed by atoms with Crippen LogP contribution in [0.15, 0.2) is 29.0 Å². The van der Waals surface area contributed by atoms with E-state index >= 15 is 0 Å². The van der Waals surface area contributed by atoms with E-state index < -0.39 is 0 Å². The quantitative estimate of drug-likeness (QED) is 0.792. The summed E-state index contributed by atoms with van der Waals surface area (Å²) in [5.74, 6) is -0.0778. The number of carbonyl (C=O) groups excluding carboxylic acids is 1. The molecular weight excluding hydrogens is 310 g/mol. The highest BCUT2D eigenvalue weighted by atomic mass is 79.9. The summed E-state index contributed by atoms with van der Waals surface area (Å²) in [6.07, 6.45) is 3.25. The van der Waals surface area contributed by atoms with Gasteiger partial charge in [-0.2, -0.15) is 5.10 Å². The molecule has 2 heterocycles. The summed E-state index contributed by atoms with van der Waals surface area (Å²) in [6, 6.07) is 3.47. The molecule has 19 heavy (non-hydrogen) atoms. The summed E-state index contributed by atoms with van der Waals surface area (Å²) in [7, 11) is 1.62. The van der Waals surface area contributed by atoms with E-state index in [0.717, 1.165) is 5.69 Å². The Morgan fingerprint density at radius 1 is 1.53 bits per heavy atom. The van der Waals surface area contributed by atoms with Gasteiger partial charge in [0.15, 0.2) is 0 Å². The van der Waals surface area contributed by atoms with Crippen LogP contribution in [0.25, 0.3) is 0 Å². The standard InChI is InChI=1S/C13H14BrN3O2/c1-9-7-10(3-4-15-9)13(18)12-11(14)8-16-17(12)5-6-19-2/h3-4,7-8H,5-6H2,1-2H3. The smallest absolute Gasteiger partial charge is 0.212 e. The van der Waals surface area contributed by atoms with Gasteiger partial charge in [-0.15, -0.1) is 0 Å². The number of aryl methyl sites for hydroxylation is 1. The Bertz CT molecular complexity index is 595. The van der Waals surface area contributed by atoms with Gasteiger partial charge in [0.1, 0.15) is 5.69 Å². The van der Waals surface area contributed by atoms with Crippen LogP contribution < -0.4 is 0 Å². The minimum atomic E-state index is -0.0778. The number of hydrogen-bond donors (Lipinski definition) is 0. The predicted molar refractivity (Wildman–Crippen MR) is 74.2 cm³/mol. The molecule has 6 heteroatoms. The van der Waals surface area contributed by atoms with Crippen molar-refractivity contribution in [2.24, 2.45) is 0 Å². The lowest BCUT2D eigenvalue weighted by Crippen LogP contribution is -2.15. The number of ether oxygens (including phenoxy) is 1. The Morgan fingerprint density at radius 3 is 3.00 bits per heavy atom. The SMILES string of the molecule is COCCn1ncc(Br)c1C(=O)c1ccnc(C)c1. The van der Waals surface area contributed by atoms with E-state index in [0.29, 0.717) is 28.9 Å². The zero-order chi connectivity index (χ0) is 13.8. The van der Waals surface area contributed by atoms with E-state index in [9.17, 15) is 4.79 Å². The molecule has 0 saturated carbocycles. The van der Waals surface area contributed by atoms with Crippen molar-refractivity contribution in [2.45, 2.75) is 13.5 Å². The number of nitrogens with zero attached hydrogens (tertiary/aromatic N) is 3. The summed E-state index contributed by atoms with van der Waals surface area (Å²) in [4.78, 5) is 16.6. The fraction of sp³-hybridized carbons (Fsp3) is 0.308.